The molecule has 0 aliphatic carbocycles. The van der Waals surface area contributed by atoms with Crippen molar-refractivity contribution in [2.75, 3.05) is 18.0 Å². The van der Waals surface area contributed by atoms with Crippen molar-refractivity contribution in [3.8, 4) is 0 Å². The van der Waals surface area contributed by atoms with Gasteiger partial charge in [0.15, 0.2) is 0 Å². The number of hydrogen-bond donors (Lipinski definition) is 0. The van der Waals surface area contributed by atoms with Gasteiger partial charge in [0.1, 0.15) is 0 Å². The highest BCUT2D eigenvalue weighted by Gasteiger charge is 2.07. The van der Waals surface area contributed by atoms with Crippen molar-refractivity contribution in [2.24, 2.45) is 0 Å². The average Bonchev–Trinajstić information content (AvgIpc) is 2.54. The van der Waals surface area contributed by atoms with Crippen LogP contribution in [0.25, 0.3) is 10.8 Å². The average molecular weight is 298 g/mol. The van der Waals surface area contributed by atoms with Crippen LogP contribution in [0.5, 0.6) is 0 Å². The van der Waals surface area contributed by atoms with E-state index in [0.717, 1.165) is 23.9 Å². The van der Waals surface area contributed by atoms with E-state index in [1.807, 2.05) is 12.1 Å². The minimum absolute atomic E-state index is 0.231. The summed E-state index contributed by atoms with van der Waals surface area (Å²) in [6, 6.07) is 11.4. The summed E-state index contributed by atoms with van der Waals surface area (Å²) < 4.78 is 0. The molecular weight excluding hydrogens is 274 g/mol. The highest BCUT2D eigenvalue weighted by molar-refractivity contribution is 5.94. The molecule has 0 aromatic heterocycles. The Morgan fingerprint density at radius 1 is 0.955 bits per heavy atom. The Kier molecular flexibility index (Phi) is 5.82. The largest absolute Gasteiger partial charge is 0.545 e. The maximum atomic E-state index is 10.9. The zero-order valence-electron chi connectivity index (χ0n) is 13.5. The van der Waals surface area contributed by atoms with E-state index in [1.54, 1.807) is 12.1 Å². The number of rotatable bonds is 8. The Morgan fingerprint density at radius 3 is 2.14 bits per heavy atom. The topological polar surface area (TPSA) is 43.4 Å². The standard InChI is InChI=1S/C19H25NO2/c1-3-5-11-20(12-6-4-2)18-10-9-15-13-17(19(21)22)8-7-16(15)14-18/h7-10,13-14H,3-6,11-12H2,1-2H3,(H,21,22)/p-1. The van der Waals surface area contributed by atoms with E-state index in [9.17, 15) is 9.90 Å². The molecule has 22 heavy (non-hydrogen) atoms. The van der Waals surface area contributed by atoms with Gasteiger partial charge >= 0.3 is 0 Å². The maximum absolute atomic E-state index is 10.9. The van der Waals surface area contributed by atoms with E-state index in [1.165, 1.54) is 31.4 Å². The Bertz CT molecular complexity index is 628. The zero-order chi connectivity index (χ0) is 15.9. The van der Waals surface area contributed by atoms with Crippen LogP contribution in [0.1, 0.15) is 49.9 Å². The Hall–Kier alpha value is -2.03. The van der Waals surface area contributed by atoms with Crippen molar-refractivity contribution >= 4 is 22.4 Å². The summed E-state index contributed by atoms with van der Waals surface area (Å²) in [6.07, 6.45) is 4.74. The number of unbranched alkanes of at least 4 members (excludes halogenated alkanes) is 2. The molecule has 0 fully saturated rings. The third-order valence-corrected chi connectivity index (χ3v) is 3.99. The van der Waals surface area contributed by atoms with Gasteiger partial charge in [-0.05, 0) is 47.4 Å². The summed E-state index contributed by atoms with van der Waals surface area (Å²) in [5.41, 5.74) is 1.45. The fraction of sp³-hybridized carbons (Fsp3) is 0.421. The third-order valence-electron chi connectivity index (χ3n) is 3.99. The van der Waals surface area contributed by atoms with E-state index in [0.29, 0.717) is 0 Å². The van der Waals surface area contributed by atoms with Crippen LogP contribution in [0.15, 0.2) is 36.4 Å². The van der Waals surface area contributed by atoms with Gasteiger partial charge < -0.3 is 14.8 Å². The van der Waals surface area contributed by atoms with Gasteiger partial charge in [-0.15, -0.1) is 0 Å². The first-order chi connectivity index (χ1) is 10.7. The van der Waals surface area contributed by atoms with E-state index < -0.39 is 5.97 Å². The van der Waals surface area contributed by atoms with Gasteiger partial charge in [0, 0.05) is 18.8 Å². The van der Waals surface area contributed by atoms with Crippen LogP contribution in [0.4, 0.5) is 5.69 Å². The van der Waals surface area contributed by atoms with E-state index in [4.69, 9.17) is 0 Å². The number of aromatic carboxylic acids is 1. The minimum atomic E-state index is -1.13. The van der Waals surface area contributed by atoms with Gasteiger partial charge in [0.25, 0.3) is 0 Å². The Balaban J connectivity index is 2.28. The number of carboxylic acids is 1. The van der Waals surface area contributed by atoms with Crippen LogP contribution >= 0.6 is 0 Å². The van der Waals surface area contributed by atoms with E-state index >= 15 is 0 Å². The second-order valence-electron chi connectivity index (χ2n) is 5.73. The van der Waals surface area contributed by atoms with Crippen molar-refractivity contribution in [3.63, 3.8) is 0 Å². The fourth-order valence-corrected chi connectivity index (χ4v) is 2.62. The van der Waals surface area contributed by atoms with Crippen molar-refractivity contribution in [3.05, 3.63) is 42.0 Å². The summed E-state index contributed by atoms with van der Waals surface area (Å²) in [5.74, 6) is -1.13. The molecule has 0 atom stereocenters. The van der Waals surface area contributed by atoms with Crippen LogP contribution < -0.4 is 10.0 Å². The summed E-state index contributed by atoms with van der Waals surface area (Å²) >= 11 is 0. The van der Waals surface area contributed by atoms with Crippen molar-refractivity contribution in [1.82, 2.24) is 0 Å². The first-order valence-electron chi connectivity index (χ1n) is 8.15. The molecule has 0 N–H and O–H groups in total. The van der Waals surface area contributed by atoms with Gasteiger partial charge in [0.05, 0.1) is 5.97 Å². The Morgan fingerprint density at radius 2 is 1.55 bits per heavy atom. The van der Waals surface area contributed by atoms with Crippen molar-refractivity contribution in [2.45, 2.75) is 39.5 Å². The predicted molar refractivity (Wildman–Crippen MR) is 90.3 cm³/mol. The summed E-state index contributed by atoms with van der Waals surface area (Å²) in [6.45, 7) is 6.55. The quantitative estimate of drug-likeness (QED) is 0.747. The number of nitrogens with zero attached hydrogens (tertiary/aromatic N) is 1. The molecule has 118 valence electrons. The number of carbonyl (C=O) groups is 1. The molecule has 2 aromatic carbocycles. The van der Waals surface area contributed by atoms with Crippen LogP contribution in [0.3, 0.4) is 0 Å². The van der Waals surface area contributed by atoms with E-state index in [-0.39, 0.29) is 5.56 Å². The van der Waals surface area contributed by atoms with Crippen LogP contribution in [0, 0.1) is 0 Å². The SMILES string of the molecule is CCCCN(CCCC)c1ccc2cc(C(=O)[O-])ccc2c1. The highest BCUT2D eigenvalue weighted by atomic mass is 16.4. The number of fused-ring (bicyclic) bond motifs is 1. The minimum Gasteiger partial charge on any atom is -0.545 e. The third kappa shape index (κ3) is 4.00. The molecule has 0 bridgehead atoms. The molecule has 0 aliphatic rings. The molecule has 0 radical (unpaired) electrons. The number of anilines is 1. The molecule has 2 rings (SSSR count). The van der Waals surface area contributed by atoms with Crippen molar-refractivity contribution < 1.29 is 9.90 Å². The summed E-state index contributed by atoms with van der Waals surface area (Å²) in [4.78, 5) is 13.4. The molecule has 0 heterocycles. The first-order valence-corrected chi connectivity index (χ1v) is 8.15. The summed E-state index contributed by atoms with van der Waals surface area (Å²) in [5, 5.41) is 12.9. The second kappa shape index (κ2) is 7.83. The molecule has 2 aromatic rings. The molecule has 0 saturated carbocycles. The highest BCUT2D eigenvalue weighted by Crippen LogP contribution is 2.24. The molecule has 0 unspecified atom stereocenters. The lowest BCUT2D eigenvalue weighted by atomic mass is 10.1. The lowest BCUT2D eigenvalue weighted by Crippen LogP contribution is -2.25. The fourth-order valence-electron chi connectivity index (χ4n) is 2.62. The van der Waals surface area contributed by atoms with Gasteiger partial charge in [0.2, 0.25) is 0 Å². The molecule has 0 amide bonds. The molecular formula is C19H24NO2-. The lowest BCUT2D eigenvalue weighted by molar-refractivity contribution is -0.255. The van der Waals surface area contributed by atoms with Crippen molar-refractivity contribution in [1.29, 1.82) is 0 Å². The van der Waals surface area contributed by atoms with Gasteiger partial charge in [-0.3, -0.25) is 0 Å². The number of benzene rings is 2. The van der Waals surface area contributed by atoms with E-state index in [2.05, 4.69) is 30.9 Å². The number of carbonyl (C=O) groups excluding carboxylic acids is 1. The molecule has 3 nitrogen and oxygen atoms in total. The predicted octanol–water partition coefficient (Wildman–Crippen LogP) is 3.61. The number of hydrogen-bond acceptors (Lipinski definition) is 3. The van der Waals surface area contributed by atoms with Gasteiger partial charge in [-0.25, -0.2) is 0 Å². The van der Waals surface area contributed by atoms with Gasteiger partial charge in [-0.1, -0.05) is 44.9 Å². The number of carboxylic acid groups (broad SMARTS) is 1. The lowest BCUT2D eigenvalue weighted by Gasteiger charge is -2.25. The smallest absolute Gasteiger partial charge is 0.0715 e. The Labute approximate surface area is 132 Å². The second-order valence-corrected chi connectivity index (χ2v) is 5.73. The van der Waals surface area contributed by atoms with Crippen LogP contribution in [-0.2, 0) is 0 Å². The molecule has 0 spiro atoms. The monoisotopic (exact) mass is 298 g/mol. The zero-order valence-corrected chi connectivity index (χ0v) is 13.5. The van der Waals surface area contributed by atoms with Crippen LogP contribution in [-0.4, -0.2) is 19.1 Å². The normalized spacial score (nSPS) is 10.8. The first kappa shape index (κ1) is 16.3. The van der Waals surface area contributed by atoms with Gasteiger partial charge in [-0.2, -0.15) is 0 Å². The summed E-state index contributed by atoms with van der Waals surface area (Å²) in [7, 11) is 0. The maximum Gasteiger partial charge on any atom is 0.0715 e. The van der Waals surface area contributed by atoms with Crippen LogP contribution in [0.2, 0.25) is 0 Å². The molecule has 3 heteroatoms. The molecule has 0 saturated heterocycles. The molecule has 0 aliphatic heterocycles.